The molecule has 0 aliphatic carbocycles. The minimum Gasteiger partial charge on any atom is -0.489 e. The van der Waals surface area contributed by atoms with E-state index in [2.05, 4.69) is 23.5 Å². The molecule has 0 aromatic heterocycles. The molecular weight excluding hydrogens is 495 g/mol. The summed E-state index contributed by atoms with van der Waals surface area (Å²) in [4.78, 5) is 13.6. The second-order valence-corrected chi connectivity index (χ2v) is 9.41. The Hall–Kier alpha value is -3.79. The van der Waals surface area contributed by atoms with Crippen molar-refractivity contribution >= 4 is 35.0 Å². The number of carbonyl (C=O) groups is 1. The fourth-order valence-electron chi connectivity index (χ4n) is 3.45. The Kier molecular flexibility index (Phi) is 8.62. The van der Waals surface area contributed by atoms with Crippen molar-refractivity contribution < 1.29 is 13.9 Å². The van der Waals surface area contributed by atoms with E-state index in [0.29, 0.717) is 29.2 Å². The zero-order valence-electron chi connectivity index (χ0n) is 19.2. The van der Waals surface area contributed by atoms with Crippen molar-refractivity contribution in [2.75, 3.05) is 5.32 Å². The molecule has 0 unspecified atom stereocenters. The second-order valence-electron chi connectivity index (χ2n) is 7.98. The van der Waals surface area contributed by atoms with Crippen molar-refractivity contribution in [2.24, 2.45) is 0 Å². The molecule has 0 aliphatic heterocycles. The number of rotatable bonds is 9. The monoisotopic (exact) mass is 516 g/mol. The van der Waals surface area contributed by atoms with Crippen LogP contribution in [0, 0.1) is 17.1 Å². The van der Waals surface area contributed by atoms with Gasteiger partial charge in [-0.1, -0.05) is 54.1 Å². The molecule has 4 nitrogen and oxygen atoms in total. The number of hydrogen-bond acceptors (Lipinski definition) is 4. The quantitative estimate of drug-likeness (QED) is 0.235. The van der Waals surface area contributed by atoms with Crippen LogP contribution in [0.25, 0.3) is 0 Å². The van der Waals surface area contributed by atoms with E-state index in [1.54, 1.807) is 36.0 Å². The maximum atomic E-state index is 13.3. The summed E-state index contributed by atoms with van der Waals surface area (Å²) in [6.07, 6.45) is 0.0369. The van der Waals surface area contributed by atoms with Gasteiger partial charge in [-0.15, -0.1) is 11.8 Å². The third-order valence-corrected chi connectivity index (χ3v) is 6.85. The number of hydrogen-bond donors (Lipinski definition) is 1. The van der Waals surface area contributed by atoms with Crippen LogP contribution in [0.1, 0.15) is 22.3 Å². The van der Waals surface area contributed by atoms with Crippen LogP contribution < -0.4 is 10.1 Å². The third-order valence-electron chi connectivity index (χ3n) is 5.33. The molecule has 0 heterocycles. The highest BCUT2D eigenvalue weighted by Gasteiger charge is 2.12. The Bertz CT molecular complexity index is 1390. The van der Waals surface area contributed by atoms with E-state index in [1.165, 1.54) is 23.8 Å². The van der Waals surface area contributed by atoms with Crippen molar-refractivity contribution in [3.8, 4) is 11.8 Å². The molecule has 1 amide bonds. The summed E-state index contributed by atoms with van der Waals surface area (Å²) in [5, 5.41) is 12.1. The lowest BCUT2D eigenvalue weighted by Gasteiger charge is -2.14. The first-order chi connectivity index (χ1) is 17.5. The minimum absolute atomic E-state index is 0.0369. The molecule has 0 aliphatic rings. The number of anilines is 1. The van der Waals surface area contributed by atoms with E-state index in [-0.39, 0.29) is 17.4 Å². The Morgan fingerprint density at radius 2 is 1.72 bits per heavy atom. The lowest BCUT2D eigenvalue weighted by atomic mass is 10.1. The normalized spacial score (nSPS) is 10.5. The summed E-state index contributed by atoms with van der Waals surface area (Å²) >= 11 is 7.72. The fraction of sp³-hybridized carbons (Fsp3) is 0.103. The summed E-state index contributed by atoms with van der Waals surface area (Å²) in [5.41, 5.74) is 3.93. The van der Waals surface area contributed by atoms with Gasteiger partial charge in [0.25, 0.3) is 0 Å². The highest BCUT2D eigenvalue weighted by atomic mass is 35.5. The van der Waals surface area contributed by atoms with Crippen molar-refractivity contribution in [3.05, 3.63) is 124 Å². The highest BCUT2D eigenvalue weighted by Crippen LogP contribution is 2.30. The zero-order chi connectivity index (χ0) is 25.3. The largest absolute Gasteiger partial charge is 0.489 e. The molecule has 180 valence electrons. The van der Waals surface area contributed by atoms with Crippen LogP contribution >= 0.6 is 23.4 Å². The summed E-state index contributed by atoms with van der Waals surface area (Å²) in [6, 6.07) is 28.9. The maximum absolute atomic E-state index is 13.3. The SMILES string of the molecule is N#Cc1ccc(OCc2ccc(NC(=O)Cc3ccc(F)cc3Cl)cc2SCc2ccccc2)cc1. The smallest absolute Gasteiger partial charge is 0.228 e. The van der Waals surface area contributed by atoms with Crippen molar-refractivity contribution in [2.45, 2.75) is 23.7 Å². The number of nitrogens with one attached hydrogen (secondary N) is 1. The van der Waals surface area contributed by atoms with Crippen molar-refractivity contribution in [1.82, 2.24) is 0 Å². The summed E-state index contributed by atoms with van der Waals surface area (Å²) in [7, 11) is 0. The van der Waals surface area contributed by atoms with Crippen LogP contribution in [0.5, 0.6) is 5.75 Å². The maximum Gasteiger partial charge on any atom is 0.228 e. The van der Waals surface area contributed by atoms with Gasteiger partial charge in [0, 0.05) is 26.9 Å². The number of nitrogens with zero attached hydrogens (tertiary/aromatic N) is 1. The first-order valence-corrected chi connectivity index (χ1v) is 12.5. The van der Waals surface area contributed by atoms with E-state index >= 15 is 0 Å². The Morgan fingerprint density at radius 1 is 0.972 bits per heavy atom. The standard InChI is InChI=1S/C29H22ClFN2O2S/c30-27-15-24(31)10-8-22(27)14-29(34)33-25-11-9-23(18-35-26-12-6-20(17-32)7-13-26)28(16-25)36-19-21-4-2-1-3-5-21/h1-13,15-16H,14,18-19H2,(H,33,34). The van der Waals surface area contributed by atoms with E-state index in [9.17, 15) is 9.18 Å². The van der Waals surface area contributed by atoms with Crippen LogP contribution in [0.4, 0.5) is 10.1 Å². The Labute approximate surface area is 218 Å². The Balaban J connectivity index is 1.48. The molecule has 4 aromatic rings. The predicted octanol–water partition coefficient (Wildman–Crippen LogP) is 7.40. The number of nitriles is 1. The van der Waals surface area contributed by atoms with Gasteiger partial charge in [-0.3, -0.25) is 4.79 Å². The van der Waals surface area contributed by atoms with Gasteiger partial charge in [-0.25, -0.2) is 4.39 Å². The first-order valence-electron chi connectivity index (χ1n) is 11.2. The van der Waals surface area contributed by atoms with Gasteiger partial charge in [-0.05, 0) is 59.7 Å². The number of ether oxygens (including phenoxy) is 1. The number of amides is 1. The second kappa shape index (κ2) is 12.3. The van der Waals surface area contributed by atoms with Gasteiger partial charge in [0.1, 0.15) is 18.2 Å². The first kappa shape index (κ1) is 25.3. The van der Waals surface area contributed by atoms with Gasteiger partial charge >= 0.3 is 0 Å². The van der Waals surface area contributed by atoms with Gasteiger partial charge in [-0.2, -0.15) is 5.26 Å². The van der Waals surface area contributed by atoms with E-state index in [4.69, 9.17) is 21.6 Å². The molecule has 0 spiro atoms. The summed E-state index contributed by atoms with van der Waals surface area (Å²) in [6.45, 7) is 0.336. The van der Waals surface area contributed by atoms with E-state index < -0.39 is 5.82 Å². The van der Waals surface area contributed by atoms with Crippen LogP contribution in [0.3, 0.4) is 0 Å². The number of carbonyl (C=O) groups excluding carboxylic acids is 1. The third kappa shape index (κ3) is 7.11. The van der Waals surface area contributed by atoms with E-state index in [1.807, 2.05) is 36.4 Å². The zero-order valence-corrected chi connectivity index (χ0v) is 20.8. The molecule has 0 atom stereocenters. The van der Waals surface area contributed by atoms with Crippen molar-refractivity contribution in [3.63, 3.8) is 0 Å². The average molecular weight is 517 g/mol. The minimum atomic E-state index is -0.442. The average Bonchev–Trinajstić information content (AvgIpc) is 2.89. The summed E-state index contributed by atoms with van der Waals surface area (Å²) in [5.74, 6) is 0.738. The van der Waals surface area contributed by atoms with Crippen LogP contribution in [0.15, 0.2) is 95.9 Å². The number of halogens is 2. The van der Waals surface area contributed by atoms with Crippen LogP contribution in [-0.2, 0) is 23.6 Å². The molecular formula is C29H22ClFN2O2S. The lowest BCUT2D eigenvalue weighted by molar-refractivity contribution is -0.115. The van der Waals surface area contributed by atoms with Crippen LogP contribution in [0.2, 0.25) is 5.02 Å². The molecule has 7 heteroatoms. The molecule has 36 heavy (non-hydrogen) atoms. The predicted molar refractivity (Wildman–Crippen MR) is 142 cm³/mol. The molecule has 4 rings (SSSR count). The van der Waals surface area contributed by atoms with Gasteiger partial charge in [0.15, 0.2) is 0 Å². The van der Waals surface area contributed by atoms with Gasteiger partial charge < -0.3 is 10.1 Å². The summed E-state index contributed by atoms with van der Waals surface area (Å²) < 4.78 is 19.3. The highest BCUT2D eigenvalue weighted by molar-refractivity contribution is 7.98. The fourth-order valence-corrected chi connectivity index (χ4v) is 4.72. The molecule has 0 radical (unpaired) electrons. The Morgan fingerprint density at radius 3 is 2.44 bits per heavy atom. The topological polar surface area (TPSA) is 62.1 Å². The number of benzene rings is 4. The molecule has 0 fully saturated rings. The van der Waals surface area contributed by atoms with Crippen molar-refractivity contribution in [1.29, 1.82) is 5.26 Å². The molecule has 0 saturated carbocycles. The lowest BCUT2D eigenvalue weighted by Crippen LogP contribution is -2.15. The molecule has 4 aromatic carbocycles. The van der Waals surface area contributed by atoms with Gasteiger partial charge in [0.2, 0.25) is 5.91 Å². The van der Waals surface area contributed by atoms with E-state index in [0.717, 1.165) is 16.2 Å². The molecule has 0 bridgehead atoms. The molecule has 1 N–H and O–H groups in total. The molecule has 0 saturated heterocycles. The van der Waals surface area contributed by atoms with Gasteiger partial charge in [0.05, 0.1) is 18.1 Å². The number of thioether (sulfide) groups is 1. The van der Waals surface area contributed by atoms with Crippen LogP contribution in [-0.4, -0.2) is 5.91 Å².